The monoisotopic (exact) mass is 231 g/mol. The molecule has 0 amide bonds. The summed E-state index contributed by atoms with van der Waals surface area (Å²) in [5.74, 6) is 0. The van der Waals surface area contributed by atoms with Gasteiger partial charge in [-0.3, -0.25) is 0 Å². The fraction of sp³-hybridized carbons (Fsp3) is 0.500. The molecule has 0 aliphatic heterocycles. The van der Waals surface area contributed by atoms with Crippen molar-refractivity contribution in [1.82, 2.24) is 5.32 Å². The number of hydrogen-bond acceptors (Lipinski definition) is 1. The number of nitrogens with one attached hydrogen (secondary N) is 1. The molecular weight excluding hydrogens is 206 g/mol. The highest BCUT2D eigenvalue weighted by molar-refractivity contribution is 5.53. The Labute approximate surface area is 106 Å². The van der Waals surface area contributed by atoms with Gasteiger partial charge in [0.2, 0.25) is 0 Å². The smallest absolute Gasteiger partial charge is 0.0172 e. The molecule has 0 saturated carbocycles. The lowest BCUT2D eigenvalue weighted by Crippen LogP contribution is -2.36. The van der Waals surface area contributed by atoms with E-state index in [1.165, 1.54) is 16.7 Å². The topological polar surface area (TPSA) is 12.0 Å². The molecule has 1 N–H and O–H groups in total. The van der Waals surface area contributed by atoms with Gasteiger partial charge in [0.15, 0.2) is 0 Å². The minimum absolute atomic E-state index is 0.182. The summed E-state index contributed by atoms with van der Waals surface area (Å²) in [6.07, 6.45) is 3.38. The lowest BCUT2D eigenvalue weighted by atomic mass is 10.0. The van der Waals surface area contributed by atoms with Crippen LogP contribution < -0.4 is 5.32 Å². The second-order valence-corrected chi connectivity index (χ2v) is 5.67. The summed E-state index contributed by atoms with van der Waals surface area (Å²) in [5.41, 5.74) is 4.24. The Bertz CT molecular complexity index is 366. The van der Waals surface area contributed by atoms with Crippen molar-refractivity contribution in [3.8, 4) is 0 Å². The third-order valence-corrected chi connectivity index (χ3v) is 2.75. The molecule has 1 nitrogen and oxygen atoms in total. The van der Waals surface area contributed by atoms with Crippen molar-refractivity contribution in [3.63, 3.8) is 0 Å². The second kappa shape index (κ2) is 6.02. The first kappa shape index (κ1) is 14.0. The van der Waals surface area contributed by atoms with Crippen molar-refractivity contribution in [2.45, 2.75) is 46.6 Å². The van der Waals surface area contributed by atoms with Crippen LogP contribution in [0.4, 0.5) is 0 Å². The highest BCUT2D eigenvalue weighted by atomic mass is 14.9. The van der Waals surface area contributed by atoms with E-state index in [-0.39, 0.29) is 5.54 Å². The van der Waals surface area contributed by atoms with E-state index in [9.17, 15) is 0 Å². The lowest BCUT2D eigenvalue weighted by molar-refractivity contribution is 0.443. The van der Waals surface area contributed by atoms with Crippen molar-refractivity contribution in [2.75, 3.05) is 6.54 Å². The molecule has 0 heterocycles. The molecule has 0 aliphatic carbocycles. The summed E-state index contributed by atoms with van der Waals surface area (Å²) in [6, 6.07) is 8.69. The van der Waals surface area contributed by atoms with E-state index in [0.717, 1.165) is 13.0 Å². The standard InChI is InChI=1S/C16H25N/c1-6-14(12-17-16(3,4)5)11-15-9-7-13(2)8-10-15/h7-11,17H,6,12H2,1-5H3. The maximum Gasteiger partial charge on any atom is 0.0172 e. The van der Waals surface area contributed by atoms with Gasteiger partial charge in [-0.05, 0) is 39.7 Å². The lowest BCUT2D eigenvalue weighted by Gasteiger charge is -2.21. The zero-order valence-electron chi connectivity index (χ0n) is 11.8. The minimum Gasteiger partial charge on any atom is -0.308 e. The van der Waals surface area contributed by atoms with Crippen LogP contribution in [0, 0.1) is 6.92 Å². The SMILES string of the molecule is CCC(=Cc1ccc(C)cc1)CNC(C)(C)C. The van der Waals surface area contributed by atoms with Crippen LogP contribution in [0.15, 0.2) is 29.8 Å². The Morgan fingerprint density at radius 2 is 1.76 bits per heavy atom. The summed E-state index contributed by atoms with van der Waals surface area (Å²) < 4.78 is 0. The van der Waals surface area contributed by atoms with Gasteiger partial charge in [-0.1, -0.05) is 48.4 Å². The van der Waals surface area contributed by atoms with Gasteiger partial charge in [0.1, 0.15) is 0 Å². The van der Waals surface area contributed by atoms with Gasteiger partial charge >= 0.3 is 0 Å². The molecule has 0 aliphatic rings. The zero-order valence-corrected chi connectivity index (χ0v) is 11.8. The molecule has 1 aromatic carbocycles. The van der Waals surface area contributed by atoms with E-state index in [1.807, 2.05) is 0 Å². The molecule has 0 bridgehead atoms. The molecule has 1 heteroatoms. The Kier molecular flexibility index (Phi) is 4.95. The van der Waals surface area contributed by atoms with Crippen LogP contribution in [0.3, 0.4) is 0 Å². The molecule has 0 unspecified atom stereocenters. The van der Waals surface area contributed by atoms with Crippen LogP contribution in [-0.2, 0) is 0 Å². The third kappa shape index (κ3) is 5.69. The minimum atomic E-state index is 0.182. The molecule has 0 atom stereocenters. The number of benzene rings is 1. The van der Waals surface area contributed by atoms with Gasteiger partial charge in [0.25, 0.3) is 0 Å². The summed E-state index contributed by atoms with van der Waals surface area (Å²) in [4.78, 5) is 0. The van der Waals surface area contributed by atoms with Crippen molar-refractivity contribution in [1.29, 1.82) is 0 Å². The first-order chi connectivity index (χ1) is 7.90. The summed E-state index contributed by atoms with van der Waals surface area (Å²) >= 11 is 0. The second-order valence-electron chi connectivity index (χ2n) is 5.67. The van der Waals surface area contributed by atoms with Gasteiger partial charge in [0.05, 0.1) is 0 Å². The van der Waals surface area contributed by atoms with E-state index >= 15 is 0 Å². The van der Waals surface area contributed by atoms with Crippen molar-refractivity contribution >= 4 is 6.08 Å². The van der Waals surface area contributed by atoms with Crippen LogP contribution >= 0.6 is 0 Å². The molecular formula is C16H25N. The Morgan fingerprint density at radius 1 is 1.18 bits per heavy atom. The summed E-state index contributed by atoms with van der Waals surface area (Å²) in [7, 11) is 0. The van der Waals surface area contributed by atoms with Crippen LogP contribution in [0.5, 0.6) is 0 Å². The highest BCUT2D eigenvalue weighted by Gasteiger charge is 2.08. The van der Waals surface area contributed by atoms with Crippen LogP contribution in [-0.4, -0.2) is 12.1 Å². The molecule has 1 rings (SSSR count). The van der Waals surface area contributed by atoms with Crippen LogP contribution in [0.2, 0.25) is 0 Å². The Morgan fingerprint density at radius 3 is 2.24 bits per heavy atom. The van der Waals surface area contributed by atoms with Crippen molar-refractivity contribution in [2.24, 2.45) is 0 Å². The number of rotatable bonds is 4. The van der Waals surface area contributed by atoms with E-state index in [2.05, 4.69) is 70.3 Å². The molecule has 0 spiro atoms. The third-order valence-electron chi connectivity index (χ3n) is 2.75. The van der Waals surface area contributed by atoms with Gasteiger partial charge < -0.3 is 5.32 Å². The van der Waals surface area contributed by atoms with E-state index < -0.39 is 0 Å². The van der Waals surface area contributed by atoms with E-state index in [0.29, 0.717) is 0 Å². The first-order valence-corrected chi connectivity index (χ1v) is 6.42. The van der Waals surface area contributed by atoms with Crippen molar-refractivity contribution in [3.05, 3.63) is 41.0 Å². The molecule has 94 valence electrons. The molecule has 17 heavy (non-hydrogen) atoms. The predicted molar refractivity (Wildman–Crippen MR) is 77.2 cm³/mol. The predicted octanol–water partition coefficient (Wildman–Crippen LogP) is 4.18. The number of hydrogen-bond donors (Lipinski definition) is 1. The molecule has 0 aromatic heterocycles. The van der Waals surface area contributed by atoms with Crippen LogP contribution in [0.25, 0.3) is 6.08 Å². The molecule has 0 saturated heterocycles. The fourth-order valence-electron chi connectivity index (χ4n) is 1.56. The van der Waals surface area contributed by atoms with Gasteiger partial charge in [-0.2, -0.15) is 0 Å². The zero-order chi connectivity index (χ0) is 12.9. The van der Waals surface area contributed by atoms with Crippen LogP contribution in [0.1, 0.15) is 45.2 Å². The average molecular weight is 231 g/mol. The molecule has 0 radical (unpaired) electrons. The van der Waals surface area contributed by atoms with Gasteiger partial charge in [0, 0.05) is 12.1 Å². The van der Waals surface area contributed by atoms with Gasteiger partial charge in [-0.25, -0.2) is 0 Å². The highest BCUT2D eigenvalue weighted by Crippen LogP contribution is 2.11. The largest absolute Gasteiger partial charge is 0.308 e. The summed E-state index contributed by atoms with van der Waals surface area (Å²) in [5, 5.41) is 3.54. The maximum absolute atomic E-state index is 3.54. The quantitative estimate of drug-likeness (QED) is 0.820. The summed E-state index contributed by atoms with van der Waals surface area (Å²) in [6.45, 7) is 11.9. The Hall–Kier alpha value is -1.08. The van der Waals surface area contributed by atoms with E-state index in [4.69, 9.17) is 0 Å². The maximum atomic E-state index is 3.54. The fourth-order valence-corrected chi connectivity index (χ4v) is 1.56. The normalized spacial score (nSPS) is 12.9. The number of aryl methyl sites for hydroxylation is 1. The van der Waals surface area contributed by atoms with Gasteiger partial charge in [-0.15, -0.1) is 0 Å². The molecule has 0 fully saturated rings. The average Bonchev–Trinajstić information content (AvgIpc) is 2.25. The first-order valence-electron chi connectivity index (χ1n) is 6.42. The Balaban J connectivity index is 2.69. The molecule has 1 aromatic rings. The van der Waals surface area contributed by atoms with E-state index in [1.54, 1.807) is 0 Å². The van der Waals surface area contributed by atoms with Crippen molar-refractivity contribution < 1.29 is 0 Å².